The smallest absolute Gasteiger partial charge is 0.262 e. The fourth-order valence-corrected chi connectivity index (χ4v) is 5.34. The van der Waals surface area contributed by atoms with Gasteiger partial charge in [-0.15, -0.1) is 0 Å². The Morgan fingerprint density at radius 1 is 1.19 bits per heavy atom. The van der Waals surface area contributed by atoms with Crippen LogP contribution in [0, 0.1) is 5.92 Å². The van der Waals surface area contributed by atoms with Gasteiger partial charge < -0.3 is 9.72 Å². The molecule has 7 heteroatoms. The highest BCUT2D eigenvalue weighted by atomic mass is 16.5. The minimum atomic E-state index is -0.0735. The number of fused-ring (bicyclic) bond motifs is 1. The van der Waals surface area contributed by atoms with Crippen molar-refractivity contribution in [3.05, 3.63) is 52.2 Å². The fourth-order valence-electron chi connectivity index (χ4n) is 5.34. The summed E-state index contributed by atoms with van der Waals surface area (Å²) in [5.41, 5.74) is 1.87. The van der Waals surface area contributed by atoms with Gasteiger partial charge in [0.2, 0.25) is 0 Å². The van der Waals surface area contributed by atoms with Crippen molar-refractivity contribution in [2.45, 2.75) is 71.1 Å². The number of aromatic amines is 1. The molecular formula is C25H33N5O2. The van der Waals surface area contributed by atoms with Gasteiger partial charge in [-0.05, 0) is 38.7 Å². The number of nitrogens with one attached hydrogen (secondary N) is 1. The van der Waals surface area contributed by atoms with Gasteiger partial charge in [-0.1, -0.05) is 38.0 Å². The molecule has 0 spiro atoms. The molecule has 2 fully saturated rings. The van der Waals surface area contributed by atoms with E-state index < -0.39 is 0 Å². The lowest BCUT2D eigenvalue weighted by Crippen LogP contribution is -2.22. The number of nitrogens with zero attached hydrogens (tertiary/aromatic N) is 4. The number of ether oxygens (including phenoxy) is 1. The maximum Gasteiger partial charge on any atom is 0.262 e. The number of H-pyrrole nitrogens is 1. The van der Waals surface area contributed by atoms with Crippen LogP contribution in [0.15, 0.2) is 35.3 Å². The van der Waals surface area contributed by atoms with Crippen LogP contribution < -0.4 is 10.3 Å². The van der Waals surface area contributed by atoms with Crippen molar-refractivity contribution in [2.24, 2.45) is 5.92 Å². The number of para-hydroxylation sites is 1. The molecule has 1 saturated carbocycles. The first kappa shape index (κ1) is 21.2. The Balaban J connectivity index is 1.39. The van der Waals surface area contributed by atoms with Crippen molar-refractivity contribution in [1.29, 1.82) is 0 Å². The predicted octanol–water partition coefficient (Wildman–Crippen LogP) is 4.26. The normalized spacial score (nSPS) is 22.4. The lowest BCUT2D eigenvalue weighted by molar-refractivity contribution is 0.233. The highest BCUT2D eigenvalue weighted by Crippen LogP contribution is 2.34. The largest absolute Gasteiger partial charge is 0.491 e. The monoisotopic (exact) mass is 435 g/mol. The molecule has 2 aromatic heterocycles. The van der Waals surface area contributed by atoms with Gasteiger partial charge >= 0.3 is 0 Å². The number of aromatic nitrogens is 4. The van der Waals surface area contributed by atoms with Gasteiger partial charge in [-0.25, -0.2) is 9.67 Å². The van der Waals surface area contributed by atoms with Crippen molar-refractivity contribution in [1.82, 2.24) is 24.6 Å². The average molecular weight is 436 g/mol. The second-order valence-corrected chi connectivity index (χ2v) is 9.77. The van der Waals surface area contributed by atoms with E-state index in [9.17, 15) is 4.79 Å². The summed E-state index contributed by atoms with van der Waals surface area (Å²) in [6, 6.07) is 8.64. The van der Waals surface area contributed by atoms with E-state index in [2.05, 4.69) is 47.9 Å². The van der Waals surface area contributed by atoms with Crippen molar-refractivity contribution in [3.63, 3.8) is 0 Å². The van der Waals surface area contributed by atoms with Gasteiger partial charge in [0.15, 0.2) is 5.65 Å². The molecule has 1 aliphatic heterocycles. The molecule has 7 nitrogen and oxygen atoms in total. The first-order chi connectivity index (χ1) is 15.5. The van der Waals surface area contributed by atoms with Crippen LogP contribution in [0.4, 0.5) is 0 Å². The van der Waals surface area contributed by atoms with Crippen molar-refractivity contribution in [3.8, 4) is 5.75 Å². The summed E-state index contributed by atoms with van der Waals surface area (Å²) in [6.45, 7) is 9.02. The second-order valence-electron chi connectivity index (χ2n) is 9.77. The van der Waals surface area contributed by atoms with Crippen LogP contribution in [0.5, 0.6) is 5.75 Å². The third-order valence-electron chi connectivity index (χ3n) is 6.92. The molecule has 5 rings (SSSR count). The molecule has 0 radical (unpaired) electrons. The highest BCUT2D eigenvalue weighted by Gasteiger charge is 2.33. The van der Waals surface area contributed by atoms with Crippen LogP contribution >= 0.6 is 0 Å². The maximum atomic E-state index is 12.8. The lowest BCUT2D eigenvalue weighted by Gasteiger charge is -2.19. The molecule has 32 heavy (non-hydrogen) atoms. The highest BCUT2D eigenvalue weighted by molar-refractivity contribution is 5.73. The first-order valence-corrected chi connectivity index (χ1v) is 11.9. The standard InChI is InChI=1S/C25H33N5O2/c1-16(2)32-22-11-7-4-8-18(22)14-29-13-17(3)21(15-29)23-27-24-20(25(31)28-23)12-26-30(24)19-9-5-6-10-19/h4,7-8,11-12,16-17,19,21H,5-6,9-10,13-15H2,1-3H3,(H,27,28,31)/t17-,21-/m1/s1. The molecule has 3 heterocycles. The predicted molar refractivity (Wildman–Crippen MR) is 125 cm³/mol. The van der Waals surface area contributed by atoms with Crippen molar-refractivity contribution >= 4 is 11.0 Å². The Morgan fingerprint density at radius 2 is 1.97 bits per heavy atom. The number of hydrogen-bond donors (Lipinski definition) is 1. The minimum absolute atomic E-state index is 0.0735. The Bertz CT molecular complexity index is 1140. The zero-order valence-electron chi connectivity index (χ0n) is 19.3. The molecule has 0 unspecified atom stereocenters. The van der Waals surface area contributed by atoms with Crippen LogP contribution in [0.1, 0.15) is 69.8 Å². The molecule has 1 N–H and O–H groups in total. The van der Waals surface area contributed by atoms with E-state index in [0.717, 1.165) is 49.7 Å². The molecule has 1 saturated heterocycles. The van der Waals surface area contributed by atoms with Gasteiger partial charge in [-0.3, -0.25) is 9.69 Å². The number of hydrogen-bond acceptors (Lipinski definition) is 5. The summed E-state index contributed by atoms with van der Waals surface area (Å²) in [6.07, 6.45) is 6.50. The Labute approximate surface area is 188 Å². The summed E-state index contributed by atoms with van der Waals surface area (Å²) in [4.78, 5) is 23.3. The zero-order valence-corrected chi connectivity index (χ0v) is 19.3. The quantitative estimate of drug-likeness (QED) is 0.626. The summed E-state index contributed by atoms with van der Waals surface area (Å²) in [7, 11) is 0. The van der Waals surface area contributed by atoms with E-state index in [-0.39, 0.29) is 17.6 Å². The third kappa shape index (κ3) is 4.06. The lowest BCUT2D eigenvalue weighted by atomic mass is 9.97. The second kappa shape index (κ2) is 8.70. The van der Waals surface area contributed by atoms with Crippen LogP contribution in [-0.4, -0.2) is 43.8 Å². The summed E-state index contributed by atoms with van der Waals surface area (Å²) < 4.78 is 8.01. The molecule has 170 valence electrons. The maximum absolute atomic E-state index is 12.8. The molecule has 1 aliphatic carbocycles. The fraction of sp³-hybridized carbons (Fsp3) is 0.560. The van der Waals surface area contributed by atoms with Gasteiger partial charge in [0, 0.05) is 31.1 Å². The van der Waals surface area contributed by atoms with E-state index in [0.29, 0.717) is 17.3 Å². The SMILES string of the molecule is CC(C)Oc1ccccc1CN1C[C@@H](C)[C@H](c2nc3c(cnn3C3CCCC3)c(=O)[nH]2)C1. The van der Waals surface area contributed by atoms with E-state index in [1.807, 2.05) is 16.8 Å². The third-order valence-corrected chi connectivity index (χ3v) is 6.92. The van der Waals surface area contributed by atoms with Crippen LogP contribution in [-0.2, 0) is 6.54 Å². The zero-order chi connectivity index (χ0) is 22.2. The molecule has 2 aliphatic rings. The number of benzene rings is 1. The van der Waals surface area contributed by atoms with Crippen LogP contribution in [0.3, 0.4) is 0 Å². The summed E-state index contributed by atoms with van der Waals surface area (Å²) in [5.74, 6) is 2.34. The Kier molecular flexibility index (Phi) is 5.76. The molecule has 1 aromatic carbocycles. The molecule has 2 atom stereocenters. The average Bonchev–Trinajstić information content (AvgIpc) is 3.48. The Morgan fingerprint density at radius 3 is 2.75 bits per heavy atom. The van der Waals surface area contributed by atoms with Crippen LogP contribution in [0.2, 0.25) is 0 Å². The Hall–Kier alpha value is -2.67. The van der Waals surface area contributed by atoms with E-state index in [1.54, 1.807) is 6.20 Å². The van der Waals surface area contributed by atoms with Gasteiger partial charge in [0.05, 0.1) is 18.3 Å². The van der Waals surface area contributed by atoms with Crippen molar-refractivity contribution in [2.75, 3.05) is 13.1 Å². The van der Waals surface area contributed by atoms with Gasteiger partial charge in [-0.2, -0.15) is 5.10 Å². The van der Waals surface area contributed by atoms with Crippen LogP contribution in [0.25, 0.3) is 11.0 Å². The molecule has 0 amide bonds. The van der Waals surface area contributed by atoms with E-state index in [4.69, 9.17) is 9.72 Å². The van der Waals surface area contributed by atoms with E-state index in [1.165, 1.54) is 18.4 Å². The first-order valence-electron chi connectivity index (χ1n) is 11.9. The van der Waals surface area contributed by atoms with Gasteiger partial charge in [0.25, 0.3) is 5.56 Å². The number of likely N-dealkylation sites (tertiary alicyclic amines) is 1. The topological polar surface area (TPSA) is 76.0 Å². The molecule has 3 aromatic rings. The van der Waals surface area contributed by atoms with E-state index >= 15 is 0 Å². The van der Waals surface area contributed by atoms with Crippen molar-refractivity contribution < 1.29 is 4.74 Å². The molecular weight excluding hydrogens is 402 g/mol. The molecule has 0 bridgehead atoms. The minimum Gasteiger partial charge on any atom is -0.491 e. The summed E-state index contributed by atoms with van der Waals surface area (Å²) >= 11 is 0. The number of rotatable bonds is 6. The summed E-state index contributed by atoms with van der Waals surface area (Å²) in [5, 5.41) is 5.14. The van der Waals surface area contributed by atoms with Gasteiger partial charge in [0.1, 0.15) is 17.0 Å².